The zero-order valence-electron chi connectivity index (χ0n) is 10.0. The third-order valence-electron chi connectivity index (χ3n) is 2.38. The molecule has 92 valence electrons. The second kappa shape index (κ2) is 6.12. The number of urea groups is 1. The fourth-order valence-corrected chi connectivity index (χ4v) is 2.11. The fourth-order valence-electron chi connectivity index (χ4n) is 1.56. The zero-order chi connectivity index (χ0) is 12.8. The molecule has 3 nitrogen and oxygen atoms in total. The van der Waals surface area contributed by atoms with Crippen LogP contribution < -0.4 is 9.62 Å². The summed E-state index contributed by atoms with van der Waals surface area (Å²) in [5.74, 6) is 0. The van der Waals surface area contributed by atoms with Gasteiger partial charge in [-0.25, -0.2) is 9.10 Å². The minimum Gasteiger partial charge on any atom is -0.307 e. The standard InChI is InChI=1S/C14H14N2OS/c1-18-16(13-10-6-3-7-11-13)14(17)15-12-8-4-2-5-9-12/h2-11H,1H3,(H,15,17). The molecule has 2 amide bonds. The number of carbonyl (C=O) groups excluding carboxylic acids is 1. The Hall–Kier alpha value is -1.94. The minimum absolute atomic E-state index is 0.153. The molecule has 0 saturated heterocycles. The van der Waals surface area contributed by atoms with Crippen molar-refractivity contribution in [2.75, 3.05) is 15.9 Å². The van der Waals surface area contributed by atoms with E-state index in [1.165, 1.54) is 11.9 Å². The van der Waals surface area contributed by atoms with Crippen LogP contribution in [0.5, 0.6) is 0 Å². The molecule has 4 heteroatoms. The number of para-hydroxylation sites is 2. The Kier molecular flexibility index (Phi) is 4.25. The number of anilines is 2. The maximum absolute atomic E-state index is 12.1. The quantitative estimate of drug-likeness (QED) is 0.844. The van der Waals surface area contributed by atoms with Crippen molar-refractivity contribution < 1.29 is 4.79 Å². The third kappa shape index (κ3) is 3.05. The largest absolute Gasteiger partial charge is 0.336 e. The van der Waals surface area contributed by atoms with Gasteiger partial charge in [0.05, 0.1) is 5.69 Å². The van der Waals surface area contributed by atoms with Crippen LogP contribution in [0.1, 0.15) is 0 Å². The molecule has 0 aliphatic heterocycles. The lowest BCUT2D eigenvalue weighted by molar-refractivity contribution is 0.260. The van der Waals surface area contributed by atoms with Gasteiger partial charge >= 0.3 is 6.03 Å². The Morgan fingerprint density at radius 1 is 1.00 bits per heavy atom. The summed E-state index contributed by atoms with van der Waals surface area (Å²) >= 11 is 1.37. The van der Waals surface area contributed by atoms with Crippen LogP contribution in [-0.4, -0.2) is 12.3 Å². The predicted molar refractivity (Wildman–Crippen MR) is 77.9 cm³/mol. The van der Waals surface area contributed by atoms with Crippen LogP contribution in [0.25, 0.3) is 0 Å². The van der Waals surface area contributed by atoms with Gasteiger partial charge in [-0.1, -0.05) is 36.4 Å². The molecule has 0 fully saturated rings. The monoisotopic (exact) mass is 258 g/mol. The molecule has 0 saturated carbocycles. The summed E-state index contributed by atoms with van der Waals surface area (Å²) in [6.45, 7) is 0. The molecule has 0 atom stereocenters. The summed E-state index contributed by atoms with van der Waals surface area (Å²) in [4.78, 5) is 12.1. The Labute approximate surface area is 111 Å². The lowest BCUT2D eigenvalue weighted by Gasteiger charge is -2.19. The number of benzene rings is 2. The number of nitrogens with one attached hydrogen (secondary N) is 1. The number of hydrogen-bond acceptors (Lipinski definition) is 2. The molecule has 2 rings (SSSR count). The molecule has 0 heterocycles. The van der Waals surface area contributed by atoms with Crippen LogP contribution in [0.3, 0.4) is 0 Å². The van der Waals surface area contributed by atoms with E-state index in [1.807, 2.05) is 66.9 Å². The summed E-state index contributed by atoms with van der Waals surface area (Å²) < 4.78 is 1.62. The molecule has 0 bridgehead atoms. The highest BCUT2D eigenvalue weighted by atomic mass is 32.2. The number of hydrogen-bond donors (Lipinski definition) is 1. The van der Waals surface area contributed by atoms with Crippen molar-refractivity contribution in [3.63, 3.8) is 0 Å². The summed E-state index contributed by atoms with van der Waals surface area (Å²) in [6, 6.07) is 18.8. The van der Waals surface area contributed by atoms with Gasteiger partial charge in [-0.15, -0.1) is 0 Å². The van der Waals surface area contributed by atoms with E-state index < -0.39 is 0 Å². The molecule has 1 N–H and O–H groups in total. The van der Waals surface area contributed by atoms with E-state index in [0.717, 1.165) is 11.4 Å². The fraction of sp³-hybridized carbons (Fsp3) is 0.0714. The van der Waals surface area contributed by atoms with E-state index in [-0.39, 0.29) is 6.03 Å². The molecular weight excluding hydrogens is 244 g/mol. The van der Waals surface area contributed by atoms with E-state index in [0.29, 0.717) is 0 Å². The van der Waals surface area contributed by atoms with E-state index in [9.17, 15) is 4.79 Å². The van der Waals surface area contributed by atoms with E-state index in [1.54, 1.807) is 4.31 Å². The van der Waals surface area contributed by atoms with Gasteiger partial charge in [-0.2, -0.15) is 0 Å². The van der Waals surface area contributed by atoms with E-state index in [4.69, 9.17) is 0 Å². The van der Waals surface area contributed by atoms with Crippen LogP contribution in [0, 0.1) is 0 Å². The number of carbonyl (C=O) groups is 1. The van der Waals surface area contributed by atoms with E-state index >= 15 is 0 Å². The number of amides is 2. The summed E-state index contributed by atoms with van der Waals surface area (Å²) in [5, 5.41) is 2.86. The van der Waals surface area contributed by atoms with Gasteiger partial charge in [-0.05, 0) is 36.2 Å². The molecule has 0 radical (unpaired) electrons. The van der Waals surface area contributed by atoms with Crippen molar-refractivity contribution in [3.8, 4) is 0 Å². The van der Waals surface area contributed by atoms with E-state index in [2.05, 4.69) is 5.32 Å². The van der Waals surface area contributed by atoms with Gasteiger partial charge in [-0.3, -0.25) is 0 Å². The van der Waals surface area contributed by atoms with Gasteiger partial charge in [0, 0.05) is 11.9 Å². The number of nitrogens with zero attached hydrogens (tertiary/aromatic N) is 1. The van der Waals surface area contributed by atoms with Crippen LogP contribution >= 0.6 is 11.9 Å². The van der Waals surface area contributed by atoms with Crippen molar-refractivity contribution in [2.45, 2.75) is 0 Å². The van der Waals surface area contributed by atoms with Gasteiger partial charge < -0.3 is 5.32 Å². The Morgan fingerprint density at radius 3 is 2.11 bits per heavy atom. The highest BCUT2D eigenvalue weighted by molar-refractivity contribution is 8.00. The van der Waals surface area contributed by atoms with Crippen LogP contribution in [-0.2, 0) is 0 Å². The molecule has 0 aromatic heterocycles. The van der Waals surface area contributed by atoms with Crippen molar-refractivity contribution >= 4 is 29.4 Å². The number of rotatable bonds is 3. The highest BCUT2D eigenvalue weighted by Gasteiger charge is 2.14. The smallest absolute Gasteiger partial charge is 0.307 e. The summed E-state index contributed by atoms with van der Waals surface area (Å²) in [5.41, 5.74) is 1.65. The first kappa shape index (κ1) is 12.5. The van der Waals surface area contributed by atoms with Crippen LogP contribution in [0.15, 0.2) is 60.7 Å². The Morgan fingerprint density at radius 2 is 1.56 bits per heavy atom. The van der Waals surface area contributed by atoms with Gasteiger partial charge in [0.1, 0.15) is 0 Å². The normalized spacial score (nSPS) is 9.83. The maximum atomic E-state index is 12.1. The third-order valence-corrected chi connectivity index (χ3v) is 3.12. The second-order valence-corrected chi connectivity index (χ2v) is 4.34. The first-order valence-electron chi connectivity index (χ1n) is 5.56. The molecule has 0 aliphatic rings. The zero-order valence-corrected chi connectivity index (χ0v) is 10.9. The van der Waals surface area contributed by atoms with Crippen molar-refractivity contribution in [2.24, 2.45) is 0 Å². The molecule has 18 heavy (non-hydrogen) atoms. The van der Waals surface area contributed by atoms with Crippen molar-refractivity contribution in [3.05, 3.63) is 60.7 Å². The first-order chi connectivity index (χ1) is 8.81. The summed E-state index contributed by atoms with van der Waals surface area (Å²) in [7, 11) is 0. The second-order valence-electron chi connectivity index (χ2n) is 3.61. The molecule has 0 unspecified atom stereocenters. The van der Waals surface area contributed by atoms with Gasteiger partial charge in [0.2, 0.25) is 0 Å². The van der Waals surface area contributed by atoms with Gasteiger partial charge in [0.15, 0.2) is 0 Å². The van der Waals surface area contributed by atoms with Crippen molar-refractivity contribution in [1.29, 1.82) is 0 Å². The molecule has 0 aliphatic carbocycles. The molecule has 2 aromatic rings. The average Bonchev–Trinajstić information content (AvgIpc) is 2.42. The first-order valence-corrected chi connectivity index (χ1v) is 6.75. The van der Waals surface area contributed by atoms with Crippen molar-refractivity contribution in [1.82, 2.24) is 0 Å². The predicted octanol–water partition coefficient (Wildman–Crippen LogP) is 4.00. The average molecular weight is 258 g/mol. The molecule has 2 aromatic carbocycles. The Balaban J connectivity index is 2.12. The van der Waals surface area contributed by atoms with Crippen LogP contribution in [0.2, 0.25) is 0 Å². The highest BCUT2D eigenvalue weighted by Crippen LogP contribution is 2.21. The summed E-state index contributed by atoms with van der Waals surface area (Å²) in [6.07, 6.45) is 1.87. The lowest BCUT2D eigenvalue weighted by atomic mass is 10.3. The van der Waals surface area contributed by atoms with Crippen LogP contribution in [0.4, 0.5) is 16.2 Å². The topological polar surface area (TPSA) is 32.3 Å². The Bertz CT molecular complexity index is 502. The minimum atomic E-state index is -0.153. The lowest BCUT2D eigenvalue weighted by Crippen LogP contribution is -2.28. The molecule has 0 spiro atoms. The SMILES string of the molecule is CSN(C(=O)Nc1ccccc1)c1ccccc1. The van der Waals surface area contributed by atoms with Gasteiger partial charge in [0.25, 0.3) is 0 Å². The molecular formula is C14H14N2OS. The maximum Gasteiger partial charge on any atom is 0.336 e.